The van der Waals surface area contributed by atoms with E-state index in [-0.39, 0.29) is 0 Å². The average Bonchev–Trinajstić information content (AvgIpc) is 2.48. The fraction of sp³-hybridized carbons (Fsp3) is 0.278. The highest BCUT2D eigenvalue weighted by Gasteiger charge is 2.06. The summed E-state index contributed by atoms with van der Waals surface area (Å²) in [6, 6.07) is 12.1. The monoisotopic (exact) mass is 315 g/mol. The van der Waals surface area contributed by atoms with Crippen LogP contribution in [-0.4, -0.2) is 24.8 Å². The summed E-state index contributed by atoms with van der Waals surface area (Å²) in [7, 11) is 2.00. The summed E-state index contributed by atoms with van der Waals surface area (Å²) >= 11 is 6.24. The molecule has 4 heteroatoms. The first-order valence-electron chi connectivity index (χ1n) is 7.38. The maximum Gasteiger partial charge on any atom is 0.0909 e. The third-order valence-corrected chi connectivity index (χ3v) is 3.75. The fourth-order valence-corrected chi connectivity index (χ4v) is 2.26. The van der Waals surface area contributed by atoms with Crippen molar-refractivity contribution >= 4 is 35.0 Å². The standard InChI is InChI=1S/C18H22ClN3/c1-5-22(4)12-20-17-10-15(19)11-18(14(17)3)21-16-8-6-7-13(2)9-16/h6-12,21H,5H2,1-4H3. The van der Waals surface area contributed by atoms with Gasteiger partial charge in [0.25, 0.3) is 0 Å². The second-order valence-electron chi connectivity index (χ2n) is 5.41. The number of anilines is 2. The van der Waals surface area contributed by atoms with Gasteiger partial charge in [-0.25, -0.2) is 4.99 Å². The Bertz CT molecular complexity index is 680. The zero-order valence-corrected chi connectivity index (χ0v) is 14.3. The van der Waals surface area contributed by atoms with E-state index in [0.717, 1.165) is 29.2 Å². The Kier molecular flexibility index (Phi) is 5.45. The Morgan fingerprint density at radius 1 is 1.23 bits per heavy atom. The van der Waals surface area contributed by atoms with Crippen molar-refractivity contribution < 1.29 is 0 Å². The number of rotatable bonds is 5. The van der Waals surface area contributed by atoms with Gasteiger partial charge in [0, 0.05) is 30.0 Å². The van der Waals surface area contributed by atoms with Crippen LogP contribution in [0.3, 0.4) is 0 Å². The van der Waals surface area contributed by atoms with Gasteiger partial charge in [-0.05, 0) is 56.2 Å². The Hall–Kier alpha value is -2.00. The first-order valence-corrected chi connectivity index (χ1v) is 7.75. The zero-order valence-electron chi connectivity index (χ0n) is 13.5. The number of nitrogens with zero attached hydrogens (tertiary/aromatic N) is 2. The van der Waals surface area contributed by atoms with E-state index in [4.69, 9.17) is 11.6 Å². The molecule has 0 aliphatic heterocycles. The third kappa shape index (κ3) is 4.25. The Morgan fingerprint density at radius 2 is 2.00 bits per heavy atom. The molecule has 0 aliphatic rings. The summed E-state index contributed by atoms with van der Waals surface area (Å²) in [5.74, 6) is 0. The van der Waals surface area contributed by atoms with Crippen molar-refractivity contribution in [3.05, 3.63) is 52.5 Å². The lowest BCUT2D eigenvalue weighted by molar-refractivity contribution is 0.552. The van der Waals surface area contributed by atoms with Crippen LogP contribution in [-0.2, 0) is 0 Å². The highest BCUT2D eigenvalue weighted by atomic mass is 35.5. The van der Waals surface area contributed by atoms with Crippen molar-refractivity contribution in [2.24, 2.45) is 4.99 Å². The van der Waals surface area contributed by atoms with Crippen LogP contribution >= 0.6 is 11.6 Å². The van der Waals surface area contributed by atoms with E-state index in [1.807, 2.05) is 49.5 Å². The lowest BCUT2D eigenvalue weighted by Crippen LogP contribution is -2.14. The SMILES string of the molecule is CCN(C)C=Nc1cc(Cl)cc(Nc2cccc(C)c2)c1C. The van der Waals surface area contributed by atoms with Crippen molar-refractivity contribution in [2.45, 2.75) is 20.8 Å². The molecule has 2 rings (SSSR count). The fourth-order valence-electron chi connectivity index (χ4n) is 2.05. The largest absolute Gasteiger partial charge is 0.366 e. The summed E-state index contributed by atoms with van der Waals surface area (Å²) in [4.78, 5) is 6.56. The summed E-state index contributed by atoms with van der Waals surface area (Å²) < 4.78 is 0. The van der Waals surface area contributed by atoms with Gasteiger partial charge >= 0.3 is 0 Å². The molecule has 116 valence electrons. The summed E-state index contributed by atoms with van der Waals surface area (Å²) in [6.45, 7) is 7.12. The van der Waals surface area contributed by atoms with Crippen molar-refractivity contribution in [3.8, 4) is 0 Å². The molecule has 0 unspecified atom stereocenters. The van der Waals surface area contributed by atoms with Gasteiger partial charge in [-0.15, -0.1) is 0 Å². The minimum atomic E-state index is 0.673. The Labute approximate surface area is 137 Å². The van der Waals surface area contributed by atoms with Crippen LogP contribution in [0, 0.1) is 13.8 Å². The molecule has 0 spiro atoms. The minimum Gasteiger partial charge on any atom is -0.366 e. The maximum atomic E-state index is 6.24. The Morgan fingerprint density at radius 3 is 2.68 bits per heavy atom. The van der Waals surface area contributed by atoms with Gasteiger partial charge < -0.3 is 10.2 Å². The lowest BCUT2D eigenvalue weighted by atomic mass is 10.1. The number of benzene rings is 2. The molecular weight excluding hydrogens is 294 g/mol. The number of nitrogens with one attached hydrogen (secondary N) is 1. The smallest absolute Gasteiger partial charge is 0.0909 e. The number of aryl methyl sites for hydroxylation is 1. The molecule has 1 N–H and O–H groups in total. The molecule has 0 radical (unpaired) electrons. The van der Waals surface area contributed by atoms with Gasteiger partial charge in [-0.2, -0.15) is 0 Å². The highest BCUT2D eigenvalue weighted by Crippen LogP contribution is 2.32. The van der Waals surface area contributed by atoms with Gasteiger partial charge in [0.2, 0.25) is 0 Å². The van der Waals surface area contributed by atoms with Crippen LogP contribution in [0.5, 0.6) is 0 Å². The molecule has 0 aliphatic carbocycles. The molecule has 2 aromatic rings. The van der Waals surface area contributed by atoms with Gasteiger partial charge in [-0.1, -0.05) is 23.7 Å². The van der Waals surface area contributed by atoms with Crippen molar-refractivity contribution in [3.63, 3.8) is 0 Å². The van der Waals surface area contributed by atoms with E-state index < -0.39 is 0 Å². The predicted octanol–water partition coefficient (Wildman–Crippen LogP) is 5.31. The van der Waals surface area contributed by atoms with Crippen molar-refractivity contribution in [1.29, 1.82) is 0 Å². The van der Waals surface area contributed by atoms with Gasteiger partial charge in [0.05, 0.1) is 12.0 Å². The van der Waals surface area contributed by atoms with Crippen LogP contribution in [0.25, 0.3) is 0 Å². The number of halogens is 1. The number of hydrogen-bond acceptors (Lipinski definition) is 2. The van der Waals surface area contributed by atoms with E-state index in [0.29, 0.717) is 5.02 Å². The molecule has 2 aromatic carbocycles. The van der Waals surface area contributed by atoms with Crippen LogP contribution < -0.4 is 5.32 Å². The molecule has 0 heterocycles. The first-order chi connectivity index (χ1) is 10.5. The highest BCUT2D eigenvalue weighted by molar-refractivity contribution is 6.31. The summed E-state index contributed by atoms with van der Waals surface area (Å²) in [5.41, 5.74) is 5.19. The Balaban J connectivity index is 2.32. The number of aliphatic imine (C=N–C) groups is 1. The lowest BCUT2D eigenvalue weighted by Gasteiger charge is -2.14. The molecule has 0 saturated carbocycles. The molecule has 0 saturated heterocycles. The summed E-state index contributed by atoms with van der Waals surface area (Å²) in [6.07, 6.45) is 1.83. The average molecular weight is 316 g/mol. The van der Waals surface area contributed by atoms with E-state index in [1.54, 1.807) is 0 Å². The number of hydrogen-bond donors (Lipinski definition) is 1. The van der Waals surface area contributed by atoms with E-state index >= 15 is 0 Å². The van der Waals surface area contributed by atoms with Crippen LogP contribution in [0.15, 0.2) is 41.4 Å². The zero-order chi connectivity index (χ0) is 16.1. The molecule has 0 atom stereocenters. The topological polar surface area (TPSA) is 27.6 Å². The van der Waals surface area contributed by atoms with Crippen molar-refractivity contribution in [2.75, 3.05) is 18.9 Å². The molecule has 0 bridgehead atoms. The van der Waals surface area contributed by atoms with Gasteiger partial charge in [0.1, 0.15) is 0 Å². The normalized spacial score (nSPS) is 11.0. The van der Waals surface area contributed by atoms with Gasteiger partial charge in [0.15, 0.2) is 0 Å². The van der Waals surface area contributed by atoms with E-state index in [2.05, 4.69) is 36.3 Å². The van der Waals surface area contributed by atoms with Gasteiger partial charge in [-0.3, -0.25) is 0 Å². The third-order valence-electron chi connectivity index (χ3n) is 3.53. The van der Waals surface area contributed by atoms with Crippen LogP contribution in [0.1, 0.15) is 18.1 Å². The minimum absolute atomic E-state index is 0.673. The molecule has 0 amide bonds. The molecule has 3 nitrogen and oxygen atoms in total. The first kappa shape index (κ1) is 16.4. The van der Waals surface area contributed by atoms with Crippen molar-refractivity contribution in [1.82, 2.24) is 4.90 Å². The second-order valence-corrected chi connectivity index (χ2v) is 5.85. The quantitative estimate of drug-likeness (QED) is 0.598. The van der Waals surface area contributed by atoms with Crippen LogP contribution in [0.4, 0.5) is 17.1 Å². The molecule has 0 fully saturated rings. The maximum absolute atomic E-state index is 6.24. The van der Waals surface area contributed by atoms with E-state index in [1.165, 1.54) is 5.56 Å². The summed E-state index contributed by atoms with van der Waals surface area (Å²) in [5, 5.41) is 4.10. The molecule has 0 aromatic heterocycles. The van der Waals surface area contributed by atoms with E-state index in [9.17, 15) is 0 Å². The molecule has 22 heavy (non-hydrogen) atoms. The molecular formula is C18H22ClN3. The predicted molar refractivity (Wildman–Crippen MR) is 97.1 cm³/mol. The van der Waals surface area contributed by atoms with Crippen LogP contribution in [0.2, 0.25) is 5.02 Å². The second kappa shape index (κ2) is 7.32.